The van der Waals surface area contributed by atoms with E-state index in [9.17, 15) is 8.42 Å². The van der Waals surface area contributed by atoms with E-state index in [1.54, 1.807) is 0 Å². The molecule has 0 spiro atoms. The zero-order valence-corrected chi connectivity index (χ0v) is 6.39. The van der Waals surface area contributed by atoms with E-state index in [-0.39, 0.29) is 24.2 Å². The molecule has 0 unspecified atom stereocenters. The number of sulfone groups is 1. The summed E-state index contributed by atoms with van der Waals surface area (Å²) in [7, 11) is -2.71. The van der Waals surface area contributed by atoms with Crippen LogP contribution >= 0.6 is 0 Å². The van der Waals surface area contributed by atoms with Crippen LogP contribution in [0.25, 0.3) is 0 Å². The quantitative estimate of drug-likeness (QED) is 0.526. The van der Waals surface area contributed by atoms with Gasteiger partial charge < -0.3 is 10.4 Å². The molecule has 10 heavy (non-hydrogen) atoms. The summed E-state index contributed by atoms with van der Waals surface area (Å²) in [4.78, 5) is 0. The van der Waals surface area contributed by atoms with Gasteiger partial charge in [-0.3, -0.25) is 0 Å². The van der Waals surface area contributed by atoms with Crippen molar-refractivity contribution >= 4 is 9.84 Å². The monoisotopic (exact) mass is 165 g/mol. The lowest BCUT2D eigenvalue weighted by atomic mass is 10.4. The molecule has 0 aromatic carbocycles. The molecular weight excluding hydrogens is 154 g/mol. The van der Waals surface area contributed by atoms with Crippen molar-refractivity contribution in [3.05, 3.63) is 0 Å². The lowest BCUT2D eigenvalue weighted by molar-refractivity contribution is 0.286. The molecule has 5 heteroatoms. The first-order valence-electron chi connectivity index (χ1n) is 3.19. The van der Waals surface area contributed by atoms with Crippen LogP contribution in [0.4, 0.5) is 0 Å². The summed E-state index contributed by atoms with van der Waals surface area (Å²) >= 11 is 0. The number of hydrogen-bond donors (Lipinski definition) is 2. The molecule has 4 nitrogen and oxygen atoms in total. The maximum absolute atomic E-state index is 10.6. The highest BCUT2D eigenvalue weighted by Crippen LogP contribution is 2.09. The molecule has 1 heterocycles. The maximum atomic E-state index is 10.6. The average molecular weight is 165 g/mol. The van der Waals surface area contributed by atoms with E-state index < -0.39 is 9.84 Å². The van der Waals surface area contributed by atoms with Crippen molar-refractivity contribution in [2.45, 2.75) is 6.04 Å². The summed E-state index contributed by atoms with van der Waals surface area (Å²) in [6.07, 6.45) is 0. The lowest BCUT2D eigenvalue weighted by Gasteiger charge is -2.26. The summed E-state index contributed by atoms with van der Waals surface area (Å²) in [5, 5.41) is 11.2. The number of hydrogen-bond acceptors (Lipinski definition) is 4. The first-order valence-corrected chi connectivity index (χ1v) is 5.01. The molecule has 0 saturated carbocycles. The predicted octanol–water partition coefficient (Wildman–Crippen LogP) is -1.63. The average Bonchev–Trinajstić information content (AvgIpc) is 1.78. The minimum absolute atomic E-state index is 0.0660. The molecule has 1 rings (SSSR count). The van der Waals surface area contributed by atoms with Gasteiger partial charge in [-0.15, -0.1) is 0 Å². The van der Waals surface area contributed by atoms with E-state index in [2.05, 4.69) is 5.32 Å². The summed E-state index contributed by atoms with van der Waals surface area (Å²) in [5.74, 6) is 0.458. The highest BCUT2D eigenvalue weighted by molar-refractivity contribution is 7.92. The maximum Gasteiger partial charge on any atom is 0.153 e. The van der Waals surface area contributed by atoms with Crippen LogP contribution in [0.5, 0.6) is 0 Å². The van der Waals surface area contributed by atoms with Gasteiger partial charge in [-0.25, -0.2) is 8.42 Å². The van der Waals surface area contributed by atoms with Crippen molar-refractivity contribution < 1.29 is 13.5 Å². The second kappa shape index (κ2) is 2.86. The molecule has 1 saturated heterocycles. The molecule has 0 bridgehead atoms. The fraction of sp³-hybridized carbons (Fsp3) is 1.00. The number of aliphatic hydroxyl groups excluding tert-OH is 1. The Morgan fingerprint density at radius 1 is 1.50 bits per heavy atom. The zero-order chi connectivity index (χ0) is 7.61. The zero-order valence-electron chi connectivity index (χ0n) is 5.58. The van der Waals surface area contributed by atoms with Crippen molar-refractivity contribution in [1.82, 2.24) is 5.32 Å². The van der Waals surface area contributed by atoms with Gasteiger partial charge in [-0.2, -0.15) is 0 Å². The predicted molar refractivity (Wildman–Crippen MR) is 37.5 cm³/mol. The summed E-state index contributed by atoms with van der Waals surface area (Å²) in [5.41, 5.74) is 0. The van der Waals surface area contributed by atoms with E-state index in [0.717, 1.165) is 0 Å². The van der Waals surface area contributed by atoms with Crippen molar-refractivity contribution in [2.75, 3.05) is 24.7 Å². The second-order valence-electron chi connectivity index (χ2n) is 2.45. The van der Waals surface area contributed by atoms with Gasteiger partial charge in [-0.05, 0) is 0 Å². The van der Waals surface area contributed by atoms with E-state index in [4.69, 9.17) is 5.11 Å². The molecule has 1 aliphatic heterocycles. The van der Waals surface area contributed by atoms with Crippen molar-refractivity contribution in [2.24, 2.45) is 0 Å². The normalized spacial score (nSPS) is 24.1. The molecule has 60 valence electrons. The topological polar surface area (TPSA) is 66.4 Å². The van der Waals surface area contributed by atoms with Crippen LogP contribution in [-0.4, -0.2) is 44.2 Å². The molecule has 1 fully saturated rings. The largest absolute Gasteiger partial charge is 0.395 e. The third kappa shape index (κ3) is 1.93. The molecule has 0 radical (unpaired) electrons. The summed E-state index contributed by atoms with van der Waals surface area (Å²) < 4.78 is 21.1. The van der Waals surface area contributed by atoms with Crippen LogP contribution in [0.1, 0.15) is 0 Å². The first-order chi connectivity index (χ1) is 4.64. The van der Waals surface area contributed by atoms with Crippen LogP contribution in [0.3, 0.4) is 0 Å². The Kier molecular flexibility index (Phi) is 2.28. The van der Waals surface area contributed by atoms with Gasteiger partial charge in [-0.1, -0.05) is 0 Å². The Balaban J connectivity index is 2.15. The van der Waals surface area contributed by atoms with E-state index in [0.29, 0.717) is 6.54 Å². The Bertz CT molecular complexity index is 187. The number of rotatable bonds is 3. The molecule has 2 N–H and O–H groups in total. The highest BCUT2D eigenvalue weighted by atomic mass is 32.2. The minimum Gasteiger partial charge on any atom is -0.395 e. The Morgan fingerprint density at radius 2 is 2.10 bits per heavy atom. The van der Waals surface area contributed by atoms with Gasteiger partial charge in [0.25, 0.3) is 0 Å². The molecule has 0 aromatic rings. The smallest absolute Gasteiger partial charge is 0.153 e. The van der Waals surface area contributed by atoms with Crippen LogP contribution in [0.15, 0.2) is 0 Å². The fourth-order valence-corrected chi connectivity index (χ4v) is 2.31. The van der Waals surface area contributed by atoms with Crippen molar-refractivity contribution in [3.63, 3.8) is 0 Å². The van der Waals surface area contributed by atoms with Gasteiger partial charge in [0.2, 0.25) is 0 Å². The first kappa shape index (κ1) is 7.97. The summed E-state index contributed by atoms with van der Waals surface area (Å²) in [6, 6.07) is 0.0807. The Hall–Kier alpha value is -0.130. The van der Waals surface area contributed by atoms with Crippen molar-refractivity contribution in [1.29, 1.82) is 0 Å². The van der Waals surface area contributed by atoms with E-state index in [1.807, 2.05) is 0 Å². The molecular formula is C5H11NO3S. The molecule has 1 aliphatic rings. The Morgan fingerprint density at radius 3 is 2.50 bits per heavy atom. The van der Waals surface area contributed by atoms with Gasteiger partial charge in [0.05, 0.1) is 18.1 Å². The SMILES string of the molecule is O=S1(=O)CC(NCCO)C1. The lowest BCUT2D eigenvalue weighted by Crippen LogP contribution is -2.51. The Labute approximate surface area is 60.2 Å². The van der Waals surface area contributed by atoms with Crippen LogP contribution in [-0.2, 0) is 9.84 Å². The van der Waals surface area contributed by atoms with Crippen LogP contribution in [0, 0.1) is 0 Å². The van der Waals surface area contributed by atoms with Gasteiger partial charge >= 0.3 is 0 Å². The molecule has 0 aromatic heterocycles. The molecule has 0 aliphatic carbocycles. The van der Waals surface area contributed by atoms with Crippen LogP contribution < -0.4 is 5.32 Å². The van der Waals surface area contributed by atoms with E-state index in [1.165, 1.54) is 0 Å². The van der Waals surface area contributed by atoms with Gasteiger partial charge in [0.15, 0.2) is 9.84 Å². The third-order valence-corrected chi connectivity index (χ3v) is 3.28. The van der Waals surface area contributed by atoms with Crippen molar-refractivity contribution in [3.8, 4) is 0 Å². The number of nitrogens with one attached hydrogen (secondary N) is 1. The number of aliphatic hydroxyl groups is 1. The standard InChI is InChI=1S/C5H11NO3S/c7-2-1-6-5-3-10(8,9)4-5/h5-7H,1-4H2. The highest BCUT2D eigenvalue weighted by Gasteiger charge is 2.32. The minimum atomic E-state index is -2.71. The van der Waals surface area contributed by atoms with E-state index >= 15 is 0 Å². The second-order valence-corrected chi connectivity index (χ2v) is 4.61. The fourth-order valence-electron chi connectivity index (χ4n) is 0.951. The third-order valence-electron chi connectivity index (χ3n) is 1.46. The summed E-state index contributed by atoms with van der Waals surface area (Å²) in [6.45, 7) is 0.552. The molecule has 0 amide bonds. The van der Waals surface area contributed by atoms with Gasteiger partial charge in [0, 0.05) is 12.6 Å². The van der Waals surface area contributed by atoms with Gasteiger partial charge in [0.1, 0.15) is 0 Å². The molecule has 0 atom stereocenters. The van der Waals surface area contributed by atoms with Crippen LogP contribution in [0.2, 0.25) is 0 Å².